The maximum Gasteiger partial charge on any atom is 0.326 e. The summed E-state index contributed by atoms with van der Waals surface area (Å²) >= 11 is 0. The van der Waals surface area contributed by atoms with Gasteiger partial charge < -0.3 is 21.5 Å². The Labute approximate surface area is 124 Å². The summed E-state index contributed by atoms with van der Waals surface area (Å²) in [5.41, 5.74) is 4.96. The summed E-state index contributed by atoms with van der Waals surface area (Å²) in [5, 5.41) is 14.0. The first-order valence-corrected chi connectivity index (χ1v) is 7.50. The molecule has 3 amide bonds. The van der Waals surface area contributed by atoms with Gasteiger partial charge in [0.05, 0.1) is 6.42 Å². The van der Waals surface area contributed by atoms with Crippen LogP contribution in [0.1, 0.15) is 51.9 Å². The van der Waals surface area contributed by atoms with Crippen molar-refractivity contribution in [3.8, 4) is 0 Å². The molecule has 5 N–H and O–H groups in total. The van der Waals surface area contributed by atoms with Crippen LogP contribution >= 0.6 is 0 Å². The van der Waals surface area contributed by atoms with Gasteiger partial charge in [-0.3, -0.25) is 4.79 Å². The molecular formula is C14H25N3O4. The van der Waals surface area contributed by atoms with E-state index in [2.05, 4.69) is 17.6 Å². The molecule has 1 aliphatic rings. The fraction of sp³-hybridized carbons (Fsp3) is 0.786. The van der Waals surface area contributed by atoms with E-state index in [0.29, 0.717) is 0 Å². The van der Waals surface area contributed by atoms with E-state index in [0.717, 1.165) is 31.6 Å². The Morgan fingerprint density at radius 1 is 1.24 bits per heavy atom. The maximum absolute atomic E-state index is 11.8. The summed E-state index contributed by atoms with van der Waals surface area (Å²) in [6.45, 7) is 2.17. The average Bonchev–Trinajstić information content (AvgIpc) is 2.40. The van der Waals surface area contributed by atoms with Crippen molar-refractivity contribution in [2.24, 2.45) is 11.7 Å². The normalized spacial score (nSPS) is 23.1. The lowest BCUT2D eigenvalue weighted by atomic mass is 9.83. The molecule has 0 spiro atoms. The fourth-order valence-corrected chi connectivity index (χ4v) is 2.79. The minimum Gasteiger partial charge on any atom is -0.480 e. The van der Waals surface area contributed by atoms with E-state index in [1.165, 1.54) is 12.8 Å². The number of primary amides is 1. The molecule has 21 heavy (non-hydrogen) atoms. The van der Waals surface area contributed by atoms with Gasteiger partial charge in [0, 0.05) is 6.04 Å². The highest BCUT2D eigenvalue weighted by atomic mass is 16.4. The van der Waals surface area contributed by atoms with E-state index in [1.54, 1.807) is 0 Å². The molecule has 0 aliphatic heterocycles. The molecule has 1 fully saturated rings. The molecule has 0 aromatic rings. The summed E-state index contributed by atoms with van der Waals surface area (Å²) in [6, 6.07) is -1.76. The summed E-state index contributed by atoms with van der Waals surface area (Å²) in [6.07, 6.45) is 5.98. The van der Waals surface area contributed by atoms with Gasteiger partial charge in [0.25, 0.3) is 0 Å². The predicted molar refractivity (Wildman–Crippen MR) is 77.6 cm³/mol. The van der Waals surface area contributed by atoms with Crippen LogP contribution in [0.3, 0.4) is 0 Å². The molecule has 7 nitrogen and oxygen atoms in total. The molecule has 0 aromatic carbocycles. The summed E-state index contributed by atoms with van der Waals surface area (Å²) in [7, 11) is 0. The standard InChI is InChI=1S/C14H25N3O4/c1-2-3-9-4-6-10(7-5-9)16-14(21)17-11(13(19)20)8-12(15)18/h9-11H,2-8H2,1H3,(H2,15,18)(H,19,20)(H2,16,17,21)/t9?,10?,11-/m1/s1. The van der Waals surface area contributed by atoms with Crippen molar-refractivity contribution in [3.05, 3.63) is 0 Å². The Bertz CT molecular complexity index is 378. The smallest absolute Gasteiger partial charge is 0.326 e. The molecule has 1 rings (SSSR count). The van der Waals surface area contributed by atoms with E-state index in [9.17, 15) is 14.4 Å². The highest BCUT2D eigenvalue weighted by Crippen LogP contribution is 2.27. The second-order valence-electron chi connectivity index (χ2n) is 5.69. The Kier molecular flexibility index (Phi) is 6.98. The summed E-state index contributed by atoms with van der Waals surface area (Å²) in [4.78, 5) is 33.5. The predicted octanol–water partition coefficient (Wildman–Crippen LogP) is 0.973. The molecule has 7 heteroatoms. The lowest BCUT2D eigenvalue weighted by Gasteiger charge is -2.29. The van der Waals surface area contributed by atoms with Crippen molar-refractivity contribution in [1.29, 1.82) is 0 Å². The third-order valence-corrected chi connectivity index (χ3v) is 3.89. The second kappa shape index (κ2) is 8.49. The highest BCUT2D eigenvalue weighted by Gasteiger charge is 2.25. The number of carboxylic acids is 1. The van der Waals surface area contributed by atoms with Gasteiger partial charge in [-0.25, -0.2) is 9.59 Å². The first-order chi connectivity index (χ1) is 9.92. The SMILES string of the molecule is CCCC1CCC(NC(=O)N[C@H](CC(N)=O)C(=O)O)CC1. The number of aliphatic carboxylic acids is 1. The molecule has 1 aliphatic carbocycles. The zero-order chi connectivity index (χ0) is 15.8. The fourth-order valence-electron chi connectivity index (χ4n) is 2.79. The van der Waals surface area contributed by atoms with Crippen molar-refractivity contribution >= 4 is 17.9 Å². The quantitative estimate of drug-likeness (QED) is 0.559. The van der Waals surface area contributed by atoms with Crippen LogP contribution in [0, 0.1) is 5.92 Å². The Morgan fingerprint density at radius 3 is 2.33 bits per heavy atom. The van der Waals surface area contributed by atoms with Gasteiger partial charge in [0.1, 0.15) is 6.04 Å². The molecule has 0 bridgehead atoms. The van der Waals surface area contributed by atoms with Gasteiger partial charge in [-0.2, -0.15) is 0 Å². The van der Waals surface area contributed by atoms with Crippen LogP contribution < -0.4 is 16.4 Å². The monoisotopic (exact) mass is 299 g/mol. The van der Waals surface area contributed by atoms with E-state index >= 15 is 0 Å². The molecule has 0 aromatic heterocycles. The Balaban J connectivity index is 2.36. The number of amides is 3. The second-order valence-corrected chi connectivity index (χ2v) is 5.69. The number of carbonyl (C=O) groups excluding carboxylic acids is 2. The van der Waals surface area contributed by atoms with Gasteiger partial charge in [0.2, 0.25) is 5.91 Å². The van der Waals surface area contributed by atoms with E-state index < -0.39 is 30.4 Å². The summed E-state index contributed by atoms with van der Waals surface area (Å²) < 4.78 is 0. The Morgan fingerprint density at radius 2 is 1.86 bits per heavy atom. The lowest BCUT2D eigenvalue weighted by molar-refractivity contribution is -0.140. The number of carboxylic acid groups (broad SMARTS) is 1. The maximum atomic E-state index is 11.8. The average molecular weight is 299 g/mol. The number of hydrogen-bond acceptors (Lipinski definition) is 3. The van der Waals surface area contributed by atoms with Crippen LogP contribution in [0.4, 0.5) is 4.79 Å². The van der Waals surface area contributed by atoms with E-state index in [-0.39, 0.29) is 6.04 Å². The molecule has 1 saturated carbocycles. The zero-order valence-corrected chi connectivity index (χ0v) is 12.4. The number of nitrogens with one attached hydrogen (secondary N) is 2. The summed E-state index contributed by atoms with van der Waals surface area (Å²) in [5.74, 6) is -1.30. The molecule has 0 radical (unpaired) electrons. The number of hydrogen-bond donors (Lipinski definition) is 4. The van der Waals surface area contributed by atoms with Crippen LogP contribution in [-0.2, 0) is 9.59 Å². The molecule has 0 heterocycles. The van der Waals surface area contributed by atoms with Gasteiger partial charge in [-0.15, -0.1) is 0 Å². The van der Waals surface area contributed by atoms with Gasteiger partial charge in [0.15, 0.2) is 0 Å². The number of rotatable bonds is 7. The van der Waals surface area contributed by atoms with Crippen LogP contribution in [0.5, 0.6) is 0 Å². The largest absolute Gasteiger partial charge is 0.480 e. The lowest BCUT2D eigenvalue weighted by Crippen LogP contribution is -2.50. The van der Waals surface area contributed by atoms with Crippen molar-refractivity contribution in [2.75, 3.05) is 0 Å². The number of carbonyl (C=O) groups is 3. The van der Waals surface area contributed by atoms with Crippen molar-refractivity contribution in [3.63, 3.8) is 0 Å². The first kappa shape index (κ1) is 17.3. The molecule has 0 saturated heterocycles. The third-order valence-electron chi connectivity index (χ3n) is 3.89. The van der Waals surface area contributed by atoms with Crippen molar-refractivity contribution < 1.29 is 19.5 Å². The third kappa shape index (κ3) is 6.46. The van der Waals surface area contributed by atoms with Gasteiger partial charge in [-0.05, 0) is 31.6 Å². The molecule has 120 valence electrons. The minimum absolute atomic E-state index is 0.0705. The molecular weight excluding hydrogens is 274 g/mol. The minimum atomic E-state index is -1.28. The molecule has 1 atom stereocenters. The zero-order valence-electron chi connectivity index (χ0n) is 12.4. The first-order valence-electron chi connectivity index (χ1n) is 7.50. The van der Waals surface area contributed by atoms with E-state index in [4.69, 9.17) is 10.8 Å². The van der Waals surface area contributed by atoms with Gasteiger partial charge in [-0.1, -0.05) is 19.8 Å². The molecule has 0 unspecified atom stereocenters. The van der Waals surface area contributed by atoms with E-state index in [1.807, 2.05) is 0 Å². The van der Waals surface area contributed by atoms with Crippen LogP contribution in [0.15, 0.2) is 0 Å². The van der Waals surface area contributed by atoms with Crippen LogP contribution in [0.2, 0.25) is 0 Å². The van der Waals surface area contributed by atoms with Crippen molar-refractivity contribution in [2.45, 2.75) is 64.0 Å². The number of nitrogens with two attached hydrogens (primary N) is 1. The number of urea groups is 1. The van der Waals surface area contributed by atoms with Crippen LogP contribution in [-0.4, -0.2) is 35.1 Å². The highest BCUT2D eigenvalue weighted by molar-refractivity contribution is 5.87. The van der Waals surface area contributed by atoms with Crippen LogP contribution in [0.25, 0.3) is 0 Å². The van der Waals surface area contributed by atoms with Gasteiger partial charge >= 0.3 is 12.0 Å². The Hall–Kier alpha value is -1.79. The van der Waals surface area contributed by atoms with Crippen molar-refractivity contribution in [1.82, 2.24) is 10.6 Å². The topological polar surface area (TPSA) is 122 Å².